The van der Waals surface area contributed by atoms with Crippen molar-refractivity contribution in [3.05, 3.63) is 125 Å². The fourth-order valence-corrected chi connectivity index (χ4v) is 6.30. The van der Waals surface area contributed by atoms with Gasteiger partial charge in [0, 0.05) is 6.08 Å². The van der Waals surface area contributed by atoms with E-state index >= 15 is 0 Å². The lowest BCUT2D eigenvalue weighted by atomic mass is 9.91. The van der Waals surface area contributed by atoms with Gasteiger partial charge in [0.25, 0.3) is 11.2 Å². The molecular formula is C32H25N3O7S. The number of nitro groups is 1. The van der Waals surface area contributed by atoms with Gasteiger partial charge in [-0.1, -0.05) is 53.8 Å². The van der Waals surface area contributed by atoms with Gasteiger partial charge in [-0.3, -0.25) is 19.5 Å². The Kier molecular flexibility index (Phi) is 7.24. The van der Waals surface area contributed by atoms with Crippen molar-refractivity contribution < 1.29 is 23.6 Å². The Labute approximate surface area is 248 Å². The number of fused-ring (bicyclic) bond motifs is 2. The minimum Gasteiger partial charge on any atom is -0.497 e. The molecule has 2 aromatic heterocycles. The van der Waals surface area contributed by atoms with Gasteiger partial charge < -0.3 is 13.9 Å². The number of rotatable bonds is 7. The Bertz CT molecular complexity index is 2130. The van der Waals surface area contributed by atoms with Crippen molar-refractivity contribution in [3.8, 4) is 17.1 Å². The summed E-state index contributed by atoms with van der Waals surface area (Å²) in [4.78, 5) is 43.5. The molecule has 0 N–H and O–H groups in total. The number of aromatic nitrogens is 1. The lowest BCUT2D eigenvalue weighted by molar-refractivity contribution is -0.384. The van der Waals surface area contributed by atoms with E-state index in [2.05, 4.69) is 4.99 Å². The first kappa shape index (κ1) is 27.9. The summed E-state index contributed by atoms with van der Waals surface area (Å²) >= 11 is 1.17. The number of hydrogen-bond donors (Lipinski definition) is 0. The van der Waals surface area contributed by atoms with Crippen molar-refractivity contribution in [2.45, 2.75) is 19.9 Å². The number of thiazole rings is 1. The van der Waals surface area contributed by atoms with Crippen LogP contribution in [0.2, 0.25) is 0 Å². The second-order valence-electron chi connectivity index (χ2n) is 9.71. The molecule has 1 aliphatic heterocycles. The van der Waals surface area contributed by atoms with Crippen LogP contribution in [0.15, 0.2) is 98.3 Å². The van der Waals surface area contributed by atoms with Crippen molar-refractivity contribution in [1.82, 2.24) is 4.57 Å². The quantitative estimate of drug-likeness (QED) is 0.145. The highest BCUT2D eigenvalue weighted by Gasteiger charge is 2.34. The predicted molar refractivity (Wildman–Crippen MR) is 162 cm³/mol. The highest BCUT2D eigenvalue weighted by atomic mass is 32.1. The molecule has 43 heavy (non-hydrogen) atoms. The number of furan rings is 1. The molecule has 0 unspecified atom stereocenters. The fourth-order valence-electron chi connectivity index (χ4n) is 5.28. The van der Waals surface area contributed by atoms with Gasteiger partial charge in [-0.25, -0.2) is 9.79 Å². The summed E-state index contributed by atoms with van der Waals surface area (Å²) in [5.41, 5.74) is 1.29. The standard InChI is InChI=1S/C32H25N3O7S/c1-4-41-31(37)28-18(2)33-32-34(29(28)23-11-7-9-19-8-5-6-10-22(19)23)30(36)27(43-32)17-21-13-15-26(42-21)24-14-12-20(40-3)16-25(24)35(38)39/h5-17,29H,4H2,1-3H3/b27-17-/t29-/m0/s1. The zero-order valence-electron chi connectivity index (χ0n) is 23.4. The van der Waals surface area contributed by atoms with Crippen molar-refractivity contribution in [2.24, 2.45) is 4.99 Å². The molecule has 0 saturated heterocycles. The number of carbonyl (C=O) groups excluding carboxylic acids is 1. The maximum absolute atomic E-state index is 14.0. The lowest BCUT2D eigenvalue weighted by Crippen LogP contribution is -2.40. The molecule has 1 aliphatic rings. The zero-order valence-corrected chi connectivity index (χ0v) is 24.2. The Morgan fingerprint density at radius 2 is 1.93 bits per heavy atom. The summed E-state index contributed by atoms with van der Waals surface area (Å²) in [5, 5.41) is 13.6. The van der Waals surface area contributed by atoms with Crippen LogP contribution in [0.3, 0.4) is 0 Å². The third-order valence-corrected chi connectivity index (χ3v) is 8.19. The van der Waals surface area contributed by atoms with Crippen molar-refractivity contribution >= 4 is 39.8 Å². The molecule has 0 amide bonds. The number of ether oxygens (including phenoxy) is 2. The molecule has 3 heterocycles. The molecule has 0 spiro atoms. The molecule has 10 nitrogen and oxygen atoms in total. The number of methoxy groups -OCH3 is 1. The Morgan fingerprint density at radius 1 is 1.14 bits per heavy atom. The predicted octanol–water partition coefficient (Wildman–Crippen LogP) is 5.13. The van der Waals surface area contributed by atoms with Gasteiger partial charge in [0.05, 0.1) is 52.1 Å². The van der Waals surface area contributed by atoms with E-state index in [9.17, 15) is 19.7 Å². The number of nitro benzene ring substituents is 1. The van der Waals surface area contributed by atoms with E-state index in [0.717, 1.165) is 16.3 Å². The second-order valence-corrected chi connectivity index (χ2v) is 10.7. The van der Waals surface area contributed by atoms with Gasteiger partial charge in [-0.05, 0) is 54.4 Å². The topological polar surface area (TPSA) is 126 Å². The van der Waals surface area contributed by atoms with Gasteiger partial charge in [0.15, 0.2) is 4.80 Å². The van der Waals surface area contributed by atoms with Crippen LogP contribution in [0.4, 0.5) is 5.69 Å². The summed E-state index contributed by atoms with van der Waals surface area (Å²) in [6.07, 6.45) is 1.58. The van der Waals surface area contributed by atoms with Crippen molar-refractivity contribution in [1.29, 1.82) is 0 Å². The number of benzene rings is 3. The van der Waals surface area contributed by atoms with Crippen LogP contribution in [0, 0.1) is 10.1 Å². The van der Waals surface area contributed by atoms with Crippen LogP contribution in [0.5, 0.6) is 5.75 Å². The van der Waals surface area contributed by atoms with Crippen LogP contribution in [-0.2, 0) is 9.53 Å². The third kappa shape index (κ3) is 4.93. The Balaban J connectivity index is 1.51. The molecule has 6 rings (SSSR count). The van der Waals surface area contributed by atoms with E-state index in [1.807, 2.05) is 42.5 Å². The summed E-state index contributed by atoms with van der Waals surface area (Å²) in [5.74, 6) is 0.408. The summed E-state index contributed by atoms with van der Waals surface area (Å²) < 4.78 is 18.3. The van der Waals surface area contributed by atoms with Crippen LogP contribution in [0.1, 0.15) is 31.2 Å². The zero-order chi connectivity index (χ0) is 30.2. The number of hydrogen-bond acceptors (Lipinski definition) is 9. The Morgan fingerprint density at radius 3 is 2.70 bits per heavy atom. The van der Waals surface area contributed by atoms with Gasteiger partial charge in [-0.2, -0.15) is 0 Å². The minimum atomic E-state index is -0.766. The second kappa shape index (κ2) is 11.2. The van der Waals surface area contributed by atoms with E-state index in [4.69, 9.17) is 13.9 Å². The van der Waals surface area contributed by atoms with Gasteiger partial charge >= 0.3 is 5.97 Å². The molecule has 0 saturated carbocycles. The van der Waals surface area contributed by atoms with Crippen LogP contribution < -0.4 is 19.6 Å². The Hall–Kier alpha value is -5.29. The average molecular weight is 596 g/mol. The van der Waals surface area contributed by atoms with Gasteiger partial charge in [0.2, 0.25) is 0 Å². The maximum atomic E-state index is 14.0. The van der Waals surface area contributed by atoms with E-state index in [1.54, 1.807) is 44.2 Å². The molecule has 5 aromatic rings. The van der Waals surface area contributed by atoms with Crippen LogP contribution in [-0.4, -0.2) is 29.2 Å². The van der Waals surface area contributed by atoms with Gasteiger partial charge in [-0.15, -0.1) is 0 Å². The molecule has 3 aromatic carbocycles. The molecule has 216 valence electrons. The number of carbonyl (C=O) groups is 1. The van der Waals surface area contributed by atoms with E-state index in [1.165, 1.54) is 29.1 Å². The summed E-state index contributed by atoms with van der Waals surface area (Å²) in [6.45, 7) is 3.64. The summed E-state index contributed by atoms with van der Waals surface area (Å²) in [6, 6.07) is 20.5. The molecular weight excluding hydrogens is 570 g/mol. The average Bonchev–Trinajstić information content (AvgIpc) is 3.59. The molecule has 1 atom stereocenters. The number of allylic oxidation sites excluding steroid dienone is 1. The van der Waals surface area contributed by atoms with E-state index in [-0.39, 0.29) is 29.2 Å². The molecule has 0 radical (unpaired) electrons. The van der Waals surface area contributed by atoms with Gasteiger partial charge in [0.1, 0.15) is 17.3 Å². The molecule has 0 aliphatic carbocycles. The van der Waals surface area contributed by atoms with E-state index in [0.29, 0.717) is 32.1 Å². The highest BCUT2D eigenvalue weighted by molar-refractivity contribution is 7.07. The maximum Gasteiger partial charge on any atom is 0.338 e. The van der Waals surface area contributed by atoms with Crippen LogP contribution in [0.25, 0.3) is 28.2 Å². The van der Waals surface area contributed by atoms with Crippen molar-refractivity contribution in [2.75, 3.05) is 13.7 Å². The smallest absolute Gasteiger partial charge is 0.338 e. The fraction of sp³-hybridized carbons (Fsp3) is 0.156. The summed E-state index contributed by atoms with van der Waals surface area (Å²) in [7, 11) is 1.43. The van der Waals surface area contributed by atoms with Crippen molar-refractivity contribution in [3.63, 3.8) is 0 Å². The van der Waals surface area contributed by atoms with E-state index < -0.39 is 16.9 Å². The molecule has 0 fully saturated rings. The highest BCUT2D eigenvalue weighted by Crippen LogP contribution is 2.36. The normalized spacial score (nSPS) is 14.9. The lowest BCUT2D eigenvalue weighted by Gasteiger charge is -2.25. The monoisotopic (exact) mass is 595 g/mol. The largest absolute Gasteiger partial charge is 0.497 e. The molecule has 0 bridgehead atoms. The first-order valence-electron chi connectivity index (χ1n) is 13.4. The number of esters is 1. The molecule has 11 heteroatoms. The first-order chi connectivity index (χ1) is 20.8. The van der Waals surface area contributed by atoms with Crippen LogP contribution >= 0.6 is 11.3 Å². The number of nitrogens with zero attached hydrogens (tertiary/aromatic N) is 3. The first-order valence-corrected chi connectivity index (χ1v) is 14.2. The SMILES string of the molecule is CCOC(=O)C1=C(C)N=c2s/c(=C\c3ccc(-c4ccc(OC)cc4[N+](=O)[O-])o3)c(=O)n2[C@H]1c1cccc2ccccc12. The third-order valence-electron chi connectivity index (χ3n) is 7.20. The minimum absolute atomic E-state index is 0.170.